The zero-order valence-electron chi connectivity index (χ0n) is 3.62. The Morgan fingerprint density at radius 1 is 2.00 bits per heavy atom. The normalized spacial score (nSPS) is 8.00. The van der Waals surface area contributed by atoms with Gasteiger partial charge in [-0.3, -0.25) is 0 Å². The number of nitrogens with zero attached hydrogens (tertiary/aromatic N) is 1. The van der Waals surface area contributed by atoms with Gasteiger partial charge in [-0.15, -0.1) is 0 Å². The molecule has 0 aromatic rings. The minimum atomic E-state index is -0.699. The zero-order chi connectivity index (χ0) is 5.70. The second-order valence-electron chi connectivity index (χ2n) is 0.830. The molecule has 0 aliphatic carbocycles. The first kappa shape index (κ1) is 6.89. The molecule has 0 bridgehead atoms. The predicted molar refractivity (Wildman–Crippen MR) is 20.7 cm³/mol. The van der Waals surface area contributed by atoms with Crippen LogP contribution < -0.4 is 21.2 Å². The van der Waals surface area contributed by atoms with Gasteiger partial charge in [-0.25, -0.2) is 0 Å². The Bertz CT molecular complexity index is 105. The van der Waals surface area contributed by atoms with Crippen molar-refractivity contribution in [3.05, 3.63) is 10.2 Å². The Morgan fingerprint density at radius 2 is 2.57 bits per heavy atom. The van der Waals surface area contributed by atoms with E-state index in [4.69, 9.17) is 5.26 Å². The second-order valence-corrected chi connectivity index (χ2v) is 3.38. The summed E-state index contributed by atoms with van der Waals surface area (Å²) in [6, 6.07) is 0. The summed E-state index contributed by atoms with van der Waals surface area (Å²) < 4.78 is 13.7. The number of allylic oxidation sites excluding steroid dienone is 1. The van der Waals surface area contributed by atoms with Crippen LogP contribution in [0.5, 0.6) is 0 Å². The van der Waals surface area contributed by atoms with E-state index < -0.39 is 27.9 Å². The predicted octanol–water partition coefficient (Wildman–Crippen LogP) is -1.96. The van der Waals surface area contributed by atoms with E-state index in [9.17, 15) is 4.39 Å². The topological polar surface area (TPSA) is 23.8 Å². The van der Waals surface area contributed by atoms with Crippen LogP contribution in [0.2, 0.25) is 0 Å². The first-order chi connectivity index (χ1) is 3.31. The molecule has 0 aromatic heterocycles. The van der Waals surface area contributed by atoms with Gasteiger partial charge in [0, 0.05) is 0 Å². The Labute approximate surface area is 52.1 Å². The molecule has 0 aliphatic heterocycles. The molecule has 3 heteroatoms. The van der Waals surface area contributed by atoms with Gasteiger partial charge in [0.05, 0.1) is 0 Å². The first-order valence-electron chi connectivity index (χ1n) is 1.58. The molecule has 0 saturated carbocycles. The molecular formula is C4H4FIN-. The monoisotopic (exact) mass is 212 g/mol. The van der Waals surface area contributed by atoms with Crippen molar-refractivity contribution in [2.45, 2.75) is 0 Å². The van der Waals surface area contributed by atoms with Crippen molar-refractivity contribution in [1.29, 1.82) is 5.26 Å². The second kappa shape index (κ2) is 4.06. The van der Waals surface area contributed by atoms with Crippen LogP contribution in [0.1, 0.15) is 0 Å². The van der Waals surface area contributed by atoms with Gasteiger partial charge >= 0.3 is 51.8 Å². The van der Waals surface area contributed by atoms with Crippen LogP contribution >= 0.6 is 0 Å². The van der Waals surface area contributed by atoms with E-state index >= 15 is 0 Å². The van der Waals surface area contributed by atoms with E-state index in [1.165, 1.54) is 0 Å². The molecule has 0 fully saturated rings. The molecule has 0 rings (SSSR count). The molecule has 40 valence electrons. The molecule has 0 amide bonds. The first-order valence-corrected chi connectivity index (χ1v) is 3.73. The van der Waals surface area contributed by atoms with Crippen molar-refractivity contribution in [3.8, 4) is 4.08 Å². The van der Waals surface area contributed by atoms with Crippen LogP contribution in [0.25, 0.3) is 0 Å². The number of alkyl halides is 1. The Balaban J connectivity index is 3.23. The Hall–Kier alpha value is -0.110. The molecule has 0 atom stereocenters. The zero-order valence-corrected chi connectivity index (χ0v) is 5.77. The van der Waals surface area contributed by atoms with E-state index in [0.717, 1.165) is 0 Å². The molecule has 0 unspecified atom stereocenters. The van der Waals surface area contributed by atoms with E-state index in [2.05, 4.69) is 6.58 Å². The Kier molecular flexibility index (Phi) is 4.00. The van der Waals surface area contributed by atoms with Crippen LogP contribution in [-0.4, -0.2) is 6.67 Å². The van der Waals surface area contributed by atoms with Crippen LogP contribution in [0.4, 0.5) is 4.39 Å². The van der Waals surface area contributed by atoms with Crippen LogP contribution in [0.3, 0.4) is 0 Å². The standard InChI is InChI=1S/C4H4FIN/c1-4(2-5)6-3-7/h1-2H2/q-1. The van der Waals surface area contributed by atoms with E-state index in [1.54, 1.807) is 0 Å². The summed E-state index contributed by atoms with van der Waals surface area (Å²) in [6.07, 6.45) is 0. The molecule has 7 heavy (non-hydrogen) atoms. The molecule has 0 radical (unpaired) electrons. The van der Waals surface area contributed by atoms with Crippen molar-refractivity contribution in [3.63, 3.8) is 0 Å². The quantitative estimate of drug-likeness (QED) is 0.487. The fourth-order valence-corrected chi connectivity index (χ4v) is 0.570. The molecule has 0 aromatic carbocycles. The molecule has 0 heterocycles. The van der Waals surface area contributed by atoms with Gasteiger partial charge in [0.25, 0.3) is 0 Å². The maximum atomic E-state index is 11.4. The van der Waals surface area contributed by atoms with E-state index in [0.29, 0.717) is 3.58 Å². The van der Waals surface area contributed by atoms with Gasteiger partial charge < -0.3 is 0 Å². The van der Waals surface area contributed by atoms with Gasteiger partial charge in [-0.1, -0.05) is 0 Å². The van der Waals surface area contributed by atoms with Crippen molar-refractivity contribution in [2.24, 2.45) is 0 Å². The number of halogens is 2. The van der Waals surface area contributed by atoms with Gasteiger partial charge in [0.1, 0.15) is 0 Å². The number of nitriles is 1. The summed E-state index contributed by atoms with van der Waals surface area (Å²) in [4.78, 5) is 0. The van der Waals surface area contributed by atoms with E-state index in [-0.39, 0.29) is 0 Å². The summed E-state index contributed by atoms with van der Waals surface area (Å²) in [5, 5.41) is 7.94. The van der Waals surface area contributed by atoms with Crippen LogP contribution in [0, 0.1) is 9.34 Å². The van der Waals surface area contributed by atoms with Crippen molar-refractivity contribution < 1.29 is 25.6 Å². The van der Waals surface area contributed by atoms with Gasteiger partial charge in [0.15, 0.2) is 0 Å². The number of hydrogen-bond acceptors (Lipinski definition) is 1. The average molecular weight is 212 g/mol. The molecule has 0 saturated heterocycles. The third kappa shape index (κ3) is 3.73. The van der Waals surface area contributed by atoms with Crippen molar-refractivity contribution >= 4 is 0 Å². The van der Waals surface area contributed by atoms with Gasteiger partial charge in [-0.05, 0) is 0 Å². The number of hydrogen-bond donors (Lipinski definition) is 0. The third-order valence-corrected chi connectivity index (χ3v) is 1.61. The van der Waals surface area contributed by atoms with Crippen molar-refractivity contribution in [1.82, 2.24) is 0 Å². The fourth-order valence-electron chi connectivity index (χ4n) is 0.0850. The van der Waals surface area contributed by atoms with E-state index in [1.807, 2.05) is 4.08 Å². The summed E-state index contributed by atoms with van der Waals surface area (Å²) in [7, 11) is 0. The SMILES string of the molecule is C=C(CF)[I-]C#N. The molecule has 0 spiro atoms. The summed E-state index contributed by atoms with van der Waals surface area (Å²) in [5.41, 5.74) is 0. The van der Waals surface area contributed by atoms with Gasteiger partial charge in [-0.2, -0.15) is 0 Å². The number of rotatable bonds is 2. The van der Waals surface area contributed by atoms with Gasteiger partial charge in [0.2, 0.25) is 0 Å². The fraction of sp³-hybridized carbons (Fsp3) is 0.250. The summed E-state index contributed by atoms with van der Waals surface area (Å²) in [5.74, 6) is 0. The Morgan fingerprint density at radius 3 is 2.71 bits per heavy atom. The molecule has 0 aliphatic rings. The van der Waals surface area contributed by atoms with Crippen LogP contribution in [0.15, 0.2) is 10.2 Å². The summed E-state index contributed by atoms with van der Waals surface area (Å²) >= 11 is -0.699. The van der Waals surface area contributed by atoms with Crippen molar-refractivity contribution in [2.75, 3.05) is 6.67 Å². The molecule has 1 nitrogen and oxygen atoms in total. The molecule has 0 N–H and O–H groups in total. The summed E-state index contributed by atoms with van der Waals surface area (Å²) in [6.45, 7) is 2.79. The molecular weight excluding hydrogens is 208 g/mol. The maximum absolute atomic E-state index is 11.4. The van der Waals surface area contributed by atoms with Crippen LogP contribution in [-0.2, 0) is 0 Å². The third-order valence-electron chi connectivity index (χ3n) is 0.321. The minimum absolute atomic E-state index is 0.460. The average Bonchev–Trinajstić information content (AvgIpc) is 1.68.